The van der Waals surface area contributed by atoms with Crippen LogP contribution in [0.1, 0.15) is 37.7 Å². The molecule has 1 aromatic carbocycles. The summed E-state index contributed by atoms with van der Waals surface area (Å²) in [6.45, 7) is 3.25. The molecule has 2 aromatic rings. The molecule has 8 heteroatoms. The van der Waals surface area contributed by atoms with Crippen molar-refractivity contribution in [1.29, 1.82) is 0 Å². The number of carbonyl (C=O) groups is 2. The normalized spacial score (nSPS) is 19.1. The number of amides is 3. The van der Waals surface area contributed by atoms with Gasteiger partial charge in [-0.25, -0.2) is 4.79 Å². The average molecular weight is 462 g/mol. The van der Waals surface area contributed by atoms with Crippen LogP contribution in [0.5, 0.6) is 0 Å². The summed E-state index contributed by atoms with van der Waals surface area (Å²) in [5, 5.41) is 8.11. The number of halogens is 1. The summed E-state index contributed by atoms with van der Waals surface area (Å²) in [5.41, 5.74) is 7.52. The molecule has 156 valence electrons. The number of hydrogen-bond donors (Lipinski definition) is 2. The number of aryl methyl sites for hydroxylation is 1. The van der Waals surface area contributed by atoms with Crippen LogP contribution in [0.25, 0.3) is 10.9 Å². The lowest BCUT2D eigenvalue weighted by Gasteiger charge is -2.39. The second-order valence-corrected chi connectivity index (χ2v) is 9.15. The van der Waals surface area contributed by atoms with Crippen LogP contribution in [-0.2, 0) is 11.2 Å². The summed E-state index contributed by atoms with van der Waals surface area (Å²) in [4.78, 5) is 27.8. The van der Waals surface area contributed by atoms with E-state index < -0.39 is 0 Å². The molecule has 0 atom stereocenters. The molecule has 2 aliphatic rings. The minimum Gasteiger partial charge on any atom is -0.351 e. The maximum Gasteiger partial charge on any atom is 0.314 e. The molecule has 2 fully saturated rings. The van der Waals surface area contributed by atoms with Crippen LogP contribution in [0, 0.1) is 11.8 Å². The second kappa shape index (κ2) is 8.73. The highest BCUT2D eigenvalue weighted by Gasteiger charge is 2.31. The number of piperidine rings is 2. The van der Waals surface area contributed by atoms with Gasteiger partial charge in [-0.2, -0.15) is 5.10 Å². The number of hydrogen-bond acceptors (Lipinski definition) is 3. The van der Waals surface area contributed by atoms with Crippen molar-refractivity contribution in [3.05, 3.63) is 28.4 Å². The van der Waals surface area contributed by atoms with Gasteiger partial charge in [0.2, 0.25) is 5.91 Å². The Morgan fingerprint density at radius 1 is 1.07 bits per heavy atom. The molecule has 1 aromatic heterocycles. The van der Waals surface area contributed by atoms with Crippen LogP contribution in [-0.4, -0.2) is 58.1 Å². The highest BCUT2D eigenvalue weighted by Crippen LogP contribution is 2.32. The van der Waals surface area contributed by atoms with Gasteiger partial charge in [0.05, 0.1) is 11.7 Å². The maximum atomic E-state index is 12.7. The molecule has 3 heterocycles. The van der Waals surface area contributed by atoms with E-state index in [-0.39, 0.29) is 11.9 Å². The Morgan fingerprint density at radius 2 is 1.69 bits per heavy atom. The van der Waals surface area contributed by atoms with Crippen molar-refractivity contribution in [2.24, 2.45) is 17.6 Å². The largest absolute Gasteiger partial charge is 0.351 e. The summed E-state index contributed by atoms with van der Waals surface area (Å²) in [5.74, 6) is 1.56. The van der Waals surface area contributed by atoms with Gasteiger partial charge >= 0.3 is 6.03 Å². The van der Waals surface area contributed by atoms with Crippen LogP contribution in [0.2, 0.25) is 0 Å². The third-order valence-electron chi connectivity index (χ3n) is 6.60. The number of H-pyrrole nitrogens is 1. The molecule has 2 saturated heterocycles. The number of aromatic amines is 1. The molecule has 7 nitrogen and oxygen atoms in total. The molecule has 0 saturated carbocycles. The SMILES string of the molecule is NC(=O)N1CCC(C2CCN(C(=O)CCc3cc(Br)c4[nH]ncc4c3)CC2)CC1. The minimum atomic E-state index is -0.303. The van der Waals surface area contributed by atoms with Crippen LogP contribution >= 0.6 is 15.9 Å². The van der Waals surface area contributed by atoms with Gasteiger partial charge in [0, 0.05) is 42.5 Å². The number of likely N-dealkylation sites (tertiary alicyclic amines) is 2. The molecule has 0 unspecified atom stereocenters. The van der Waals surface area contributed by atoms with Crippen molar-refractivity contribution in [3.8, 4) is 0 Å². The van der Waals surface area contributed by atoms with Gasteiger partial charge in [0.25, 0.3) is 0 Å². The molecule has 0 spiro atoms. The number of nitrogens with one attached hydrogen (secondary N) is 1. The Morgan fingerprint density at radius 3 is 2.31 bits per heavy atom. The summed E-state index contributed by atoms with van der Waals surface area (Å²) in [6, 6.07) is 3.86. The summed E-state index contributed by atoms with van der Waals surface area (Å²) < 4.78 is 0.984. The molecule has 0 aliphatic carbocycles. The van der Waals surface area contributed by atoms with Crippen LogP contribution < -0.4 is 5.73 Å². The first-order valence-corrected chi connectivity index (χ1v) is 11.2. The van der Waals surface area contributed by atoms with Crippen molar-refractivity contribution in [2.45, 2.75) is 38.5 Å². The topological polar surface area (TPSA) is 95.3 Å². The smallest absolute Gasteiger partial charge is 0.314 e. The number of carbonyl (C=O) groups excluding carboxylic acids is 2. The highest BCUT2D eigenvalue weighted by atomic mass is 79.9. The van der Waals surface area contributed by atoms with Gasteiger partial charge in [-0.1, -0.05) is 0 Å². The van der Waals surface area contributed by atoms with Crippen molar-refractivity contribution in [1.82, 2.24) is 20.0 Å². The van der Waals surface area contributed by atoms with E-state index in [0.717, 1.165) is 79.2 Å². The van der Waals surface area contributed by atoms with Crippen molar-refractivity contribution in [3.63, 3.8) is 0 Å². The zero-order chi connectivity index (χ0) is 20.4. The molecule has 3 N–H and O–H groups in total. The summed E-state index contributed by atoms with van der Waals surface area (Å²) >= 11 is 3.57. The van der Waals surface area contributed by atoms with E-state index >= 15 is 0 Å². The number of urea groups is 1. The Bertz CT molecular complexity index is 882. The van der Waals surface area contributed by atoms with E-state index in [9.17, 15) is 9.59 Å². The zero-order valence-electron chi connectivity index (χ0n) is 16.6. The standard InChI is InChI=1S/C21H28BrN5O2/c22-18-12-14(11-17-13-24-25-20(17)18)1-2-19(28)26-7-3-15(4-8-26)16-5-9-27(10-6-16)21(23)29/h11-13,15-16H,1-10H2,(H2,23,29)(H,24,25). The van der Waals surface area contributed by atoms with Gasteiger partial charge in [-0.3, -0.25) is 9.89 Å². The predicted molar refractivity (Wildman–Crippen MR) is 115 cm³/mol. The van der Waals surface area contributed by atoms with Crippen molar-refractivity contribution >= 4 is 38.8 Å². The second-order valence-electron chi connectivity index (χ2n) is 8.29. The molecule has 0 bridgehead atoms. The van der Waals surface area contributed by atoms with Gasteiger partial charge in [-0.05, 0) is 77.6 Å². The molecular weight excluding hydrogens is 434 g/mol. The summed E-state index contributed by atoms with van der Waals surface area (Å²) in [6.07, 6.45) is 7.30. The zero-order valence-corrected chi connectivity index (χ0v) is 18.2. The predicted octanol–water partition coefficient (Wildman–Crippen LogP) is 3.29. The van der Waals surface area contributed by atoms with E-state index in [1.54, 1.807) is 4.90 Å². The first-order chi connectivity index (χ1) is 14.0. The number of nitrogens with zero attached hydrogens (tertiary/aromatic N) is 3. The lowest BCUT2D eigenvalue weighted by atomic mass is 9.79. The van der Waals surface area contributed by atoms with Crippen molar-refractivity contribution in [2.75, 3.05) is 26.2 Å². The number of fused-ring (bicyclic) bond motifs is 1. The Balaban J connectivity index is 1.24. The highest BCUT2D eigenvalue weighted by molar-refractivity contribution is 9.10. The Labute approximate surface area is 179 Å². The fraction of sp³-hybridized carbons (Fsp3) is 0.571. The molecule has 29 heavy (non-hydrogen) atoms. The molecule has 0 radical (unpaired) electrons. The van der Waals surface area contributed by atoms with Gasteiger partial charge in [0.1, 0.15) is 0 Å². The van der Waals surface area contributed by atoms with Crippen LogP contribution in [0.15, 0.2) is 22.8 Å². The number of nitrogens with two attached hydrogens (primary N) is 1. The van der Waals surface area contributed by atoms with E-state index in [0.29, 0.717) is 18.3 Å². The van der Waals surface area contributed by atoms with Crippen molar-refractivity contribution < 1.29 is 9.59 Å². The molecular formula is C21H28BrN5O2. The van der Waals surface area contributed by atoms with E-state index in [2.05, 4.69) is 38.3 Å². The maximum absolute atomic E-state index is 12.7. The molecule has 4 rings (SSSR count). The number of primary amides is 1. The first kappa shape index (κ1) is 20.2. The molecule has 2 aliphatic heterocycles. The van der Waals surface area contributed by atoms with Gasteiger partial charge in [-0.15, -0.1) is 0 Å². The van der Waals surface area contributed by atoms with Gasteiger partial charge in [0.15, 0.2) is 0 Å². The fourth-order valence-electron chi connectivity index (χ4n) is 4.84. The van der Waals surface area contributed by atoms with E-state index in [1.807, 2.05) is 11.1 Å². The fourth-order valence-corrected chi connectivity index (χ4v) is 5.45. The number of aromatic nitrogens is 2. The quantitative estimate of drug-likeness (QED) is 0.730. The number of benzene rings is 1. The number of rotatable bonds is 4. The molecule has 3 amide bonds. The third kappa shape index (κ3) is 4.57. The van der Waals surface area contributed by atoms with Crippen LogP contribution in [0.3, 0.4) is 0 Å². The average Bonchev–Trinajstić information content (AvgIpc) is 3.21. The Kier molecular flexibility index (Phi) is 6.08. The van der Waals surface area contributed by atoms with E-state index in [4.69, 9.17) is 5.73 Å². The van der Waals surface area contributed by atoms with Gasteiger partial charge < -0.3 is 15.5 Å². The van der Waals surface area contributed by atoms with E-state index in [1.165, 1.54) is 0 Å². The third-order valence-corrected chi connectivity index (χ3v) is 7.22. The van der Waals surface area contributed by atoms with Crippen LogP contribution in [0.4, 0.5) is 4.79 Å². The monoisotopic (exact) mass is 461 g/mol. The lowest BCUT2D eigenvalue weighted by Crippen LogP contribution is -2.45. The Hall–Kier alpha value is -2.09. The minimum absolute atomic E-state index is 0.246. The lowest BCUT2D eigenvalue weighted by molar-refractivity contribution is -0.132. The summed E-state index contributed by atoms with van der Waals surface area (Å²) in [7, 11) is 0. The first-order valence-electron chi connectivity index (χ1n) is 10.4.